The summed E-state index contributed by atoms with van der Waals surface area (Å²) >= 11 is 12.0. The summed E-state index contributed by atoms with van der Waals surface area (Å²) < 4.78 is 11.6. The van der Waals surface area contributed by atoms with E-state index in [1.54, 1.807) is 24.4 Å². The molecule has 0 aromatic heterocycles. The molecule has 1 N–H and O–H groups in total. The molecule has 0 aliphatic heterocycles. The zero-order valence-corrected chi connectivity index (χ0v) is 20.3. The van der Waals surface area contributed by atoms with Crippen molar-refractivity contribution in [1.29, 1.82) is 0 Å². The molecule has 0 radical (unpaired) electrons. The highest BCUT2D eigenvalue weighted by Crippen LogP contribution is 2.30. The van der Waals surface area contributed by atoms with Crippen molar-refractivity contribution >= 4 is 35.3 Å². The summed E-state index contributed by atoms with van der Waals surface area (Å²) in [5.41, 5.74) is 7.48. The zero-order chi connectivity index (χ0) is 23.8. The number of aryl methyl sites for hydroxylation is 2. The van der Waals surface area contributed by atoms with E-state index in [1.807, 2.05) is 51.1 Å². The minimum absolute atomic E-state index is 0.176. The van der Waals surface area contributed by atoms with Crippen molar-refractivity contribution in [3.63, 3.8) is 0 Å². The third-order valence-corrected chi connectivity index (χ3v) is 5.64. The average Bonchev–Trinajstić information content (AvgIpc) is 2.78. The van der Waals surface area contributed by atoms with Crippen molar-refractivity contribution in [3.8, 4) is 11.5 Å². The van der Waals surface area contributed by atoms with Crippen molar-refractivity contribution < 1.29 is 14.3 Å². The Morgan fingerprint density at radius 1 is 0.970 bits per heavy atom. The first-order chi connectivity index (χ1) is 15.9. The van der Waals surface area contributed by atoms with E-state index in [0.29, 0.717) is 34.8 Å². The molecular formula is C26H26Cl2N2O3. The van der Waals surface area contributed by atoms with Gasteiger partial charge in [-0.25, -0.2) is 5.43 Å². The topological polar surface area (TPSA) is 59.9 Å². The molecule has 1 amide bonds. The fourth-order valence-corrected chi connectivity index (χ4v) is 3.54. The number of carbonyl (C=O) groups excluding carboxylic acids is 1. The lowest BCUT2D eigenvalue weighted by atomic mass is 10.0. The number of rotatable bonds is 9. The maximum atomic E-state index is 12.2. The van der Waals surface area contributed by atoms with Gasteiger partial charge in [-0.05, 0) is 73.4 Å². The SMILES string of the molecule is CCOc1cc(/C=N/NC(=O)Cc2ccc(C)cc2C)ccc1OCc1ccc(Cl)c(Cl)c1. The van der Waals surface area contributed by atoms with Gasteiger partial charge in [-0.2, -0.15) is 5.10 Å². The number of hydrazone groups is 1. The van der Waals surface area contributed by atoms with Crippen LogP contribution in [-0.2, 0) is 17.8 Å². The van der Waals surface area contributed by atoms with Gasteiger partial charge < -0.3 is 9.47 Å². The third-order valence-electron chi connectivity index (χ3n) is 4.90. The summed E-state index contributed by atoms with van der Waals surface area (Å²) in [6.07, 6.45) is 1.85. The van der Waals surface area contributed by atoms with E-state index in [2.05, 4.69) is 16.6 Å². The van der Waals surface area contributed by atoms with Gasteiger partial charge in [0.1, 0.15) is 6.61 Å². The highest BCUT2D eigenvalue weighted by atomic mass is 35.5. The van der Waals surface area contributed by atoms with E-state index >= 15 is 0 Å². The molecule has 7 heteroatoms. The second kappa shape index (κ2) is 11.7. The number of nitrogens with zero attached hydrogens (tertiary/aromatic N) is 1. The lowest BCUT2D eigenvalue weighted by Crippen LogP contribution is -2.20. The third kappa shape index (κ3) is 7.24. The summed E-state index contributed by atoms with van der Waals surface area (Å²) in [6.45, 7) is 6.73. The molecule has 0 aliphatic carbocycles. The van der Waals surface area contributed by atoms with E-state index in [1.165, 1.54) is 5.56 Å². The van der Waals surface area contributed by atoms with Crippen LogP contribution in [0.2, 0.25) is 10.0 Å². The normalized spacial score (nSPS) is 10.9. The predicted molar refractivity (Wildman–Crippen MR) is 134 cm³/mol. The van der Waals surface area contributed by atoms with Crippen LogP contribution in [0.4, 0.5) is 0 Å². The first kappa shape index (κ1) is 24.6. The summed E-state index contributed by atoms with van der Waals surface area (Å²) in [5.74, 6) is 1.01. The Balaban J connectivity index is 1.62. The highest BCUT2D eigenvalue weighted by Gasteiger charge is 2.08. The van der Waals surface area contributed by atoms with Crippen LogP contribution < -0.4 is 14.9 Å². The van der Waals surface area contributed by atoms with E-state index in [-0.39, 0.29) is 12.3 Å². The Morgan fingerprint density at radius 3 is 2.52 bits per heavy atom. The van der Waals surface area contributed by atoms with Crippen LogP contribution in [0.5, 0.6) is 11.5 Å². The Labute approximate surface area is 204 Å². The quantitative estimate of drug-likeness (QED) is 0.287. The van der Waals surface area contributed by atoms with Gasteiger partial charge in [0.15, 0.2) is 11.5 Å². The number of ether oxygens (including phenoxy) is 2. The first-order valence-electron chi connectivity index (χ1n) is 10.6. The van der Waals surface area contributed by atoms with Crippen molar-refractivity contribution in [2.75, 3.05) is 6.61 Å². The molecular weight excluding hydrogens is 459 g/mol. The maximum absolute atomic E-state index is 12.2. The molecule has 0 aliphatic rings. The first-order valence-corrected chi connectivity index (χ1v) is 11.3. The molecule has 5 nitrogen and oxygen atoms in total. The minimum Gasteiger partial charge on any atom is -0.490 e. The molecule has 0 saturated carbocycles. The van der Waals surface area contributed by atoms with Gasteiger partial charge in [0.05, 0.1) is 29.3 Å². The van der Waals surface area contributed by atoms with Crippen LogP contribution in [0, 0.1) is 13.8 Å². The second-order valence-corrected chi connectivity index (χ2v) is 8.39. The van der Waals surface area contributed by atoms with Crippen LogP contribution in [-0.4, -0.2) is 18.7 Å². The Kier molecular flexibility index (Phi) is 8.75. The standard InChI is InChI=1S/C26H26Cl2N2O3/c1-4-32-25-13-19(7-10-24(25)33-16-20-6-9-22(27)23(28)12-20)15-29-30-26(31)14-21-8-5-17(2)11-18(21)3/h5-13,15H,4,14,16H2,1-3H3,(H,30,31)/b29-15+. The average molecular weight is 485 g/mol. The van der Waals surface area contributed by atoms with Crippen LogP contribution in [0.15, 0.2) is 59.7 Å². The van der Waals surface area contributed by atoms with Crippen molar-refractivity contribution in [1.82, 2.24) is 5.43 Å². The van der Waals surface area contributed by atoms with E-state index < -0.39 is 0 Å². The van der Waals surface area contributed by atoms with E-state index in [4.69, 9.17) is 32.7 Å². The number of benzene rings is 3. The number of carbonyl (C=O) groups is 1. The molecule has 0 fully saturated rings. The van der Waals surface area contributed by atoms with Gasteiger partial charge in [0, 0.05) is 0 Å². The molecule has 0 heterocycles. The molecule has 0 bridgehead atoms. The molecule has 0 spiro atoms. The zero-order valence-electron chi connectivity index (χ0n) is 18.8. The van der Waals surface area contributed by atoms with Crippen LogP contribution in [0.25, 0.3) is 0 Å². The number of halogens is 2. The molecule has 3 aromatic rings. The van der Waals surface area contributed by atoms with Gasteiger partial charge >= 0.3 is 0 Å². The summed E-state index contributed by atoms with van der Waals surface area (Å²) in [5, 5.41) is 5.06. The van der Waals surface area contributed by atoms with Gasteiger partial charge in [-0.3, -0.25) is 4.79 Å². The molecule has 172 valence electrons. The Bertz CT molecular complexity index is 1160. The van der Waals surface area contributed by atoms with Crippen molar-refractivity contribution in [3.05, 3.63) is 92.5 Å². The van der Waals surface area contributed by atoms with Gasteiger partial charge in [0.2, 0.25) is 5.91 Å². The largest absolute Gasteiger partial charge is 0.490 e. The van der Waals surface area contributed by atoms with Crippen LogP contribution >= 0.6 is 23.2 Å². The number of hydrogen-bond donors (Lipinski definition) is 1. The second-order valence-electron chi connectivity index (χ2n) is 7.58. The lowest BCUT2D eigenvalue weighted by molar-refractivity contribution is -0.120. The summed E-state index contributed by atoms with van der Waals surface area (Å²) in [6, 6.07) is 16.9. The van der Waals surface area contributed by atoms with E-state index in [9.17, 15) is 4.79 Å². The molecule has 3 aromatic carbocycles. The van der Waals surface area contributed by atoms with Crippen LogP contribution in [0.1, 0.15) is 34.7 Å². The Hall–Kier alpha value is -3.02. The number of hydrogen-bond acceptors (Lipinski definition) is 4. The molecule has 3 rings (SSSR count). The van der Waals surface area contributed by atoms with Crippen molar-refractivity contribution in [2.45, 2.75) is 33.8 Å². The van der Waals surface area contributed by atoms with Crippen molar-refractivity contribution in [2.24, 2.45) is 5.10 Å². The smallest absolute Gasteiger partial charge is 0.244 e. The van der Waals surface area contributed by atoms with Crippen LogP contribution in [0.3, 0.4) is 0 Å². The molecule has 0 unspecified atom stereocenters. The highest BCUT2D eigenvalue weighted by molar-refractivity contribution is 6.42. The maximum Gasteiger partial charge on any atom is 0.244 e. The molecule has 33 heavy (non-hydrogen) atoms. The monoisotopic (exact) mass is 484 g/mol. The summed E-state index contributed by atoms with van der Waals surface area (Å²) in [7, 11) is 0. The fraction of sp³-hybridized carbons (Fsp3) is 0.231. The molecule has 0 atom stereocenters. The number of nitrogens with one attached hydrogen (secondary N) is 1. The Morgan fingerprint density at radius 2 is 1.79 bits per heavy atom. The molecule has 0 saturated heterocycles. The van der Waals surface area contributed by atoms with E-state index in [0.717, 1.165) is 22.3 Å². The lowest BCUT2D eigenvalue weighted by Gasteiger charge is -2.13. The summed E-state index contributed by atoms with van der Waals surface area (Å²) in [4.78, 5) is 12.2. The van der Waals surface area contributed by atoms with Gasteiger partial charge in [0.25, 0.3) is 0 Å². The van der Waals surface area contributed by atoms with Gasteiger partial charge in [-0.1, -0.05) is 53.0 Å². The van der Waals surface area contributed by atoms with Gasteiger partial charge in [-0.15, -0.1) is 0 Å². The predicted octanol–water partition coefficient (Wildman–Crippen LogP) is 6.28. The minimum atomic E-state index is -0.176. The number of amides is 1. The fourth-order valence-electron chi connectivity index (χ4n) is 3.22.